The molecule has 0 radical (unpaired) electrons. The quantitative estimate of drug-likeness (QED) is 0.666. The van der Waals surface area contributed by atoms with Crippen molar-refractivity contribution in [1.29, 1.82) is 0 Å². The third-order valence-corrected chi connectivity index (χ3v) is 2.77. The summed E-state index contributed by atoms with van der Waals surface area (Å²) >= 11 is 5.75. The molecule has 0 spiro atoms. The summed E-state index contributed by atoms with van der Waals surface area (Å²) in [6, 6.07) is 0.508. The number of halogens is 1. The molecule has 0 aliphatic carbocycles. The van der Waals surface area contributed by atoms with Crippen molar-refractivity contribution in [2.24, 2.45) is 0 Å². The maximum absolute atomic E-state index is 5.75. The lowest BCUT2D eigenvalue weighted by Gasteiger charge is -2.12. The van der Waals surface area contributed by atoms with Gasteiger partial charge in [-0.1, -0.05) is 0 Å². The Balaban J connectivity index is 2.16. The largest absolute Gasteiger partial charge is 0.312 e. The van der Waals surface area contributed by atoms with Crippen LogP contribution in [0.2, 0.25) is 0 Å². The summed E-state index contributed by atoms with van der Waals surface area (Å²) in [5, 5.41) is 7.84. The highest BCUT2D eigenvalue weighted by molar-refractivity contribution is 6.16. The highest BCUT2D eigenvalue weighted by Crippen LogP contribution is 2.21. The van der Waals surface area contributed by atoms with E-state index in [0.29, 0.717) is 11.9 Å². The fourth-order valence-electron chi connectivity index (χ4n) is 1.81. The molecule has 2 rings (SSSR count). The fourth-order valence-corrected chi connectivity index (χ4v) is 2.00. The molecule has 2 heterocycles. The number of hydrogen-bond donors (Lipinski definition) is 0. The van der Waals surface area contributed by atoms with E-state index in [1.165, 1.54) is 6.42 Å². The van der Waals surface area contributed by atoms with Crippen molar-refractivity contribution in [2.75, 3.05) is 20.1 Å². The summed E-state index contributed by atoms with van der Waals surface area (Å²) in [5.74, 6) is 1.32. The van der Waals surface area contributed by atoms with Crippen LogP contribution in [-0.4, -0.2) is 39.8 Å². The molecule has 0 aromatic carbocycles. The lowest BCUT2D eigenvalue weighted by molar-refractivity contribution is 0.390. The van der Waals surface area contributed by atoms with E-state index in [-0.39, 0.29) is 0 Å². The van der Waals surface area contributed by atoms with Gasteiger partial charge >= 0.3 is 0 Å². The van der Waals surface area contributed by atoms with Gasteiger partial charge in [-0.05, 0) is 20.0 Å². The Hall–Kier alpha value is -0.610. The Morgan fingerprint density at radius 2 is 2.54 bits per heavy atom. The van der Waals surface area contributed by atoms with Gasteiger partial charge in [-0.25, -0.2) is 0 Å². The van der Waals surface area contributed by atoms with Crippen LogP contribution in [0.3, 0.4) is 0 Å². The molecule has 0 amide bonds. The van der Waals surface area contributed by atoms with Gasteiger partial charge in [-0.3, -0.25) is 0 Å². The van der Waals surface area contributed by atoms with Crippen LogP contribution in [0.5, 0.6) is 0 Å². The van der Waals surface area contributed by atoms with Crippen molar-refractivity contribution in [1.82, 2.24) is 19.7 Å². The monoisotopic (exact) mass is 200 g/mol. The molecule has 0 bridgehead atoms. The molecule has 1 aliphatic rings. The van der Waals surface area contributed by atoms with E-state index in [1.807, 2.05) is 0 Å². The van der Waals surface area contributed by atoms with E-state index in [0.717, 1.165) is 18.9 Å². The van der Waals surface area contributed by atoms with Crippen molar-refractivity contribution in [3.05, 3.63) is 12.2 Å². The van der Waals surface area contributed by atoms with Gasteiger partial charge in [0.05, 0.1) is 11.9 Å². The predicted octanol–water partition coefficient (Wildman–Crippen LogP) is 0.893. The predicted molar refractivity (Wildman–Crippen MR) is 50.7 cm³/mol. The molecule has 1 atom stereocenters. The van der Waals surface area contributed by atoms with Crippen LogP contribution < -0.4 is 0 Å². The van der Waals surface area contributed by atoms with Crippen molar-refractivity contribution < 1.29 is 0 Å². The SMILES string of the molecule is CN1CCC(n2cnnc2CCl)C1. The lowest BCUT2D eigenvalue weighted by Crippen LogP contribution is -2.17. The fraction of sp³-hybridized carbons (Fsp3) is 0.750. The molecule has 1 fully saturated rings. The van der Waals surface area contributed by atoms with Gasteiger partial charge in [0.2, 0.25) is 0 Å². The lowest BCUT2D eigenvalue weighted by atomic mass is 10.2. The summed E-state index contributed by atoms with van der Waals surface area (Å²) in [7, 11) is 2.13. The number of alkyl halides is 1. The van der Waals surface area contributed by atoms with Crippen LogP contribution in [-0.2, 0) is 5.88 Å². The standard InChI is InChI=1S/C8H13ClN4/c1-12-3-2-7(5-12)13-6-10-11-8(13)4-9/h6-7H,2-5H2,1H3. The van der Waals surface area contributed by atoms with Gasteiger partial charge in [-0.2, -0.15) is 0 Å². The van der Waals surface area contributed by atoms with Crippen LogP contribution in [0.4, 0.5) is 0 Å². The highest BCUT2D eigenvalue weighted by Gasteiger charge is 2.22. The number of hydrogen-bond acceptors (Lipinski definition) is 3. The Kier molecular flexibility index (Phi) is 2.51. The van der Waals surface area contributed by atoms with E-state index in [9.17, 15) is 0 Å². The Morgan fingerprint density at radius 1 is 1.69 bits per heavy atom. The minimum atomic E-state index is 0.445. The minimum Gasteiger partial charge on any atom is -0.312 e. The molecule has 0 N–H and O–H groups in total. The van der Waals surface area contributed by atoms with E-state index in [4.69, 9.17) is 11.6 Å². The van der Waals surface area contributed by atoms with E-state index < -0.39 is 0 Å². The van der Waals surface area contributed by atoms with Gasteiger partial charge in [0.1, 0.15) is 12.2 Å². The van der Waals surface area contributed by atoms with E-state index >= 15 is 0 Å². The second-order valence-corrected chi connectivity index (χ2v) is 3.76. The smallest absolute Gasteiger partial charge is 0.148 e. The molecule has 1 aliphatic heterocycles. The van der Waals surface area contributed by atoms with Gasteiger partial charge in [-0.15, -0.1) is 21.8 Å². The Labute approximate surface area is 82.5 Å². The first-order valence-corrected chi connectivity index (χ1v) is 4.97. The van der Waals surface area contributed by atoms with Crippen LogP contribution in [0.1, 0.15) is 18.3 Å². The van der Waals surface area contributed by atoms with Crippen LogP contribution >= 0.6 is 11.6 Å². The van der Waals surface area contributed by atoms with Gasteiger partial charge < -0.3 is 9.47 Å². The zero-order valence-electron chi connectivity index (χ0n) is 7.65. The van der Waals surface area contributed by atoms with E-state index in [1.54, 1.807) is 6.33 Å². The number of likely N-dealkylation sites (tertiary alicyclic amines) is 1. The number of rotatable bonds is 2. The number of aromatic nitrogens is 3. The molecule has 1 unspecified atom stereocenters. The molecule has 5 heteroatoms. The summed E-state index contributed by atoms with van der Waals surface area (Å²) in [5.41, 5.74) is 0. The van der Waals surface area contributed by atoms with Crippen LogP contribution in [0.15, 0.2) is 6.33 Å². The summed E-state index contributed by atoms with van der Waals surface area (Å²) in [6.45, 7) is 2.21. The van der Waals surface area contributed by atoms with Crippen LogP contribution in [0.25, 0.3) is 0 Å². The molecule has 0 saturated carbocycles. The number of nitrogens with zero attached hydrogens (tertiary/aromatic N) is 4. The van der Waals surface area contributed by atoms with Crippen molar-refractivity contribution >= 4 is 11.6 Å². The minimum absolute atomic E-state index is 0.445. The zero-order chi connectivity index (χ0) is 9.26. The summed E-state index contributed by atoms with van der Waals surface area (Å²) in [4.78, 5) is 2.31. The van der Waals surface area contributed by atoms with Crippen molar-refractivity contribution in [3.63, 3.8) is 0 Å². The summed E-state index contributed by atoms with van der Waals surface area (Å²) < 4.78 is 2.09. The van der Waals surface area contributed by atoms with Gasteiger partial charge in [0, 0.05) is 6.54 Å². The Bertz CT molecular complexity index is 285. The molecular weight excluding hydrogens is 188 g/mol. The molecule has 13 heavy (non-hydrogen) atoms. The summed E-state index contributed by atoms with van der Waals surface area (Å²) in [6.07, 6.45) is 2.94. The van der Waals surface area contributed by atoms with Crippen molar-refractivity contribution in [2.45, 2.75) is 18.3 Å². The third-order valence-electron chi connectivity index (χ3n) is 2.53. The first kappa shape index (κ1) is 8.97. The van der Waals surface area contributed by atoms with Gasteiger partial charge in [0.25, 0.3) is 0 Å². The maximum Gasteiger partial charge on any atom is 0.148 e. The maximum atomic E-state index is 5.75. The molecule has 72 valence electrons. The van der Waals surface area contributed by atoms with Crippen molar-refractivity contribution in [3.8, 4) is 0 Å². The molecular formula is C8H13ClN4. The molecule has 4 nitrogen and oxygen atoms in total. The Morgan fingerprint density at radius 3 is 3.15 bits per heavy atom. The first-order chi connectivity index (χ1) is 6.31. The highest BCUT2D eigenvalue weighted by atomic mass is 35.5. The molecule has 1 aromatic rings. The first-order valence-electron chi connectivity index (χ1n) is 4.44. The zero-order valence-corrected chi connectivity index (χ0v) is 8.41. The average molecular weight is 201 g/mol. The molecule has 1 aromatic heterocycles. The van der Waals surface area contributed by atoms with Crippen LogP contribution in [0, 0.1) is 0 Å². The normalized spacial score (nSPS) is 24.0. The third kappa shape index (κ3) is 1.69. The van der Waals surface area contributed by atoms with E-state index in [2.05, 4.69) is 26.7 Å². The van der Waals surface area contributed by atoms with Gasteiger partial charge in [0.15, 0.2) is 0 Å². The number of likely N-dealkylation sites (N-methyl/N-ethyl adjacent to an activating group) is 1. The average Bonchev–Trinajstić information content (AvgIpc) is 2.71. The second kappa shape index (κ2) is 3.64. The second-order valence-electron chi connectivity index (χ2n) is 3.49. The topological polar surface area (TPSA) is 34.0 Å². The molecule has 1 saturated heterocycles.